The Morgan fingerprint density at radius 2 is 1.66 bits per heavy atom. The van der Waals surface area contributed by atoms with Gasteiger partial charge >= 0.3 is 0 Å². The molecule has 0 bridgehead atoms. The van der Waals surface area contributed by atoms with E-state index in [1.807, 2.05) is 44.2 Å². The maximum Gasteiger partial charge on any atom is 0.273 e. The van der Waals surface area contributed by atoms with Crippen molar-refractivity contribution in [3.8, 4) is 5.75 Å². The van der Waals surface area contributed by atoms with E-state index in [4.69, 9.17) is 27.9 Å². The number of nitro benzene ring substituents is 1. The van der Waals surface area contributed by atoms with Crippen LogP contribution in [0.5, 0.6) is 5.75 Å². The summed E-state index contributed by atoms with van der Waals surface area (Å²) in [6.45, 7) is 4.34. The number of aryl methyl sites for hydroxylation is 1. The molecule has 14 heteroatoms. The van der Waals surface area contributed by atoms with E-state index in [0.29, 0.717) is 22.8 Å². The highest BCUT2D eigenvalue weighted by Gasteiger charge is 2.36. The van der Waals surface area contributed by atoms with Crippen LogP contribution in [0.2, 0.25) is 10.0 Å². The number of sulfonamides is 1. The molecule has 0 unspecified atom stereocenters. The van der Waals surface area contributed by atoms with E-state index >= 15 is 0 Å². The Kier molecular flexibility index (Phi) is 12.9. The normalized spacial score (nSPS) is 12.4. The van der Waals surface area contributed by atoms with Crippen LogP contribution in [0.3, 0.4) is 0 Å². The maximum atomic E-state index is 14.7. The Labute approximate surface area is 302 Å². The van der Waals surface area contributed by atoms with Crippen LogP contribution in [0.15, 0.2) is 95.9 Å². The van der Waals surface area contributed by atoms with Gasteiger partial charge in [-0.3, -0.25) is 24.0 Å². The molecule has 0 spiro atoms. The summed E-state index contributed by atoms with van der Waals surface area (Å²) in [7, 11) is -3.14. The van der Waals surface area contributed by atoms with Crippen LogP contribution in [-0.4, -0.2) is 55.8 Å². The standard InChI is InChI=1S/C36H38Cl2N4O7S/c1-5-25(3)39-36(44)34(19-26-9-7-6-8-10-26)40(22-27-12-13-28(37)20-32(27)38)35(43)23-41(29-14-16-30(49-4)17-15-29)50(47,48)31-18-11-24(2)33(21-31)42(45)46/h6-18,20-21,25,34H,5,19,22-23H2,1-4H3,(H,39,44)/t25-,34+/m1/s1. The molecule has 0 heterocycles. The van der Waals surface area contributed by atoms with Crippen molar-refractivity contribution in [1.29, 1.82) is 0 Å². The Bertz CT molecular complexity index is 1940. The van der Waals surface area contributed by atoms with E-state index in [0.717, 1.165) is 15.9 Å². The summed E-state index contributed by atoms with van der Waals surface area (Å²) in [5, 5.41) is 15.4. The molecule has 4 aromatic rings. The third kappa shape index (κ3) is 9.32. The third-order valence-corrected chi connectivity index (χ3v) is 10.6. The van der Waals surface area contributed by atoms with Gasteiger partial charge in [-0.2, -0.15) is 0 Å². The Morgan fingerprint density at radius 3 is 2.26 bits per heavy atom. The number of rotatable bonds is 15. The van der Waals surface area contributed by atoms with E-state index in [1.54, 1.807) is 12.1 Å². The largest absolute Gasteiger partial charge is 0.497 e. The van der Waals surface area contributed by atoms with Crippen LogP contribution in [0, 0.1) is 17.0 Å². The molecule has 1 N–H and O–H groups in total. The molecule has 0 radical (unpaired) electrons. The molecule has 11 nitrogen and oxygen atoms in total. The van der Waals surface area contributed by atoms with Gasteiger partial charge in [-0.1, -0.05) is 72.6 Å². The highest BCUT2D eigenvalue weighted by atomic mass is 35.5. The maximum absolute atomic E-state index is 14.7. The monoisotopic (exact) mass is 740 g/mol. The first-order valence-electron chi connectivity index (χ1n) is 15.7. The second kappa shape index (κ2) is 16.8. The Morgan fingerprint density at radius 1 is 0.980 bits per heavy atom. The molecule has 0 saturated heterocycles. The summed E-state index contributed by atoms with van der Waals surface area (Å²) in [6, 6.07) is 22.1. The number of amides is 2. The summed E-state index contributed by atoms with van der Waals surface area (Å²) in [6.07, 6.45) is 0.742. The molecule has 2 amide bonds. The van der Waals surface area contributed by atoms with Crippen LogP contribution in [0.25, 0.3) is 0 Å². The number of nitrogens with zero attached hydrogens (tertiary/aromatic N) is 3. The molecule has 0 aliphatic carbocycles. The Hall–Kier alpha value is -4.65. The third-order valence-electron chi connectivity index (χ3n) is 8.23. The van der Waals surface area contributed by atoms with Gasteiger partial charge in [0.15, 0.2) is 0 Å². The molecule has 0 fully saturated rings. The van der Waals surface area contributed by atoms with Gasteiger partial charge in [0.05, 0.1) is 22.6 Å². The topological polar surface area (TPSA) is 139 Å². The molecule has 0 aliphatic rings. The van der Waals surface area contributed by atoms with Crippen molar-refractivity contribution in [2.45, 2.75) is 57.1 Å². The lowest BCUT2D eigenvalue weighted by Gasteiger charge is -2.34. The van der Waals surface area contributed by atoms with Gasteiger partial charge in [0.2, 0.25) is 11.8 Å². The predicted molar refractivity (Wildman–Crippen MR) is 194 cm³/mol. The van der Waals surface area contributed by atoms with Gasteiger partial charge in [-0.15, -0.1) is 0 Å². The lowest BCUT2D eigenvalue weighted by Crippen LogP contribution is -2.54. The number of nitrogens with one attached hydrogen (secondary N) is 1. The van der Waals surface area contributed by atoms with Gasteiger partial charge in [-0.25, -0.2) is 8.42 Å². The number of nitro groups is 1. The first kappa shape index (κ1) is 38.2. The fourth-order valence-corrected chi connectivity index (χ4v) is 7.08. The first-order chi connectivity index (χ1) is 23.7. The van der Waals surface area contributed by atoms with Crippen LogP contribution >= 0.6 is 23.2 Å². The summed E-state index contributed by atoms with van der Waals surface area (Å²) >= 11 is 12.7. The SMILES string of the molecule is CC[C@@H](C)NC(=O)[C@H](Cc1ccccc1)N(Cc1ccc(Cl)cc1Cl)C(=O)CN(c1ccc(OC)cc1)S(=O)(=O)c1ccc(C)c([N+](=O)[O-])c1. The number of hydrogen-bond donors (Lipinski definition) is 1. The van der Waals surface area contributed by atoms with Crippen molar-refractivity contribution < 1.29 is 27.7 Å². The number of benzene rings is 4. The molecule has 264 valence electrons. The van der Waals surface area contributed by atoms with E-state index in [2.05, 4.69) is 5.32 Å². The van der Waals surface area contributed by atoms with Crippen molar-refractivity contribution in [3.63, 3.8) is 0 Å². The lowest BCUT2D eigenvalue weighted by molar-refractivity contribution is -0.385. The van der Waals surface area contributed by atoms with Crippen molar-refractivity contribution in [1.82, 2.24) is 10.2 Å². The van der Waals surface area contributed by atoms with Crippen molar-refractivity contribution in [3.05, 3.63) is 128 Å². The molecule has 50 heavy (non-hydrogen) atoms. The van der Waals surface area contributed by atoms with Crippen LogP contribution in [-0.2, 0) is 32.6 Å². The van der Waals surface area contributed by atoms with Gasteiger partial charge < -0.3 is 15.0 Å². The summed E-state index contributed by atoms with van der Waals surface area (Å²) in [5.41, 5.74) is 1.21. The van der Waals surface area contributed by atoms with Crippen LogP contribution in [0.1, 0.15) is 37.0 Å². The number of hydrogen-bond acceptors (Lipinski definition) is 7. The molecule has 2 atom stereocenters. The minimum Gasteiger partial charge on any atom is -0.497 e. The first-order valence-corrected chi connectivity index (χ1v) is 17.9. The van der Waals surface area contributed by atoms with Crippen molar-refractivity contribution >= 4 is 56.4 Å². The van der Waals surface area contributed by atoms with E-state index in [9.17, 15) is 28.1 Å². The molecule has 4 rings (SSSR count). The summed E-state index contributed by atoms with van der Waals surface area (Å²) < 4.78 is 34.8. The van der Waals surface area contributed by atoms with Gasteiger partial charge in [0.25, 0.3) is 15.7 Å². The zero-order chi connectivity index (χ0) is 36.6. The zero-order valence-electron chi connectivity index (χ0n) is 28.0. The fourth-order valence-electron chi connectivity index (χ4n) is 5.18. The number of methoxy groups -OCH3 is 1. The molecule has 4 aromatic carbocycles. The average molecular weight is 742 g/mol. The van der Waals surface area contributed by atoms with E-state index < -0.39 is 45.0 Å². The summed E-state index contributed by atoms with van der Waals surface area (Å²) in [4.78, 5) is 40.7. The number of anilines is 1. The second-order valence-electron chi connectivity index (χ2n) is 11.7. The lowest BCUT2D eigenvalue weighted by atomic mass is 10.0. The zero-order valence-corrected chi connectivity index (χ0v) is 30.3. The minimum atomic E-state index is -4.59. The van der Waals surface area contributed by atoms with E-state index in [-0.39, 0.29) is 40.2 Å². The molecule has 0 aromatic heterocycles. The second-order valence-corrected chi connectivity index (χ2v) is 14.4. The van der Waals surface area contributed by atoms with Gasteiger partial charge in [0.1, 0.15) is 18.3 Å². The molecular formula is C36H38Cl2N4O7S. The van der Waals surface area contributed by atoms with Gasteiger partial charge in [-0.05, 0) is 73.9 Å². The molecule has 0 saturated carbocycles. The number of ether oxygens (including phenoxy) is 1. The predicted octanol–water partition coefficient (Wildman–Crippen LogP) is 6.97. The van der Waals surface area contributed by atoms with Crippen LogP contribution in [0.4, 0.5) is 11.4 Å². The van der Waals surface area contributed by atoms with Crippen molar-refractivity contribution in [2.75, 3.05) is 18.0 Å². The van der Waals surface area contributed by atoms with Crippen LogP contribution < -0.4 is 14.4 Å². The quantitative estimate of drug-likeness (QED) is 0.103. The average Bonchev–Trinajstić information content (AvgIpc) is 3.09. The highest BCUT2D eigenvalue weighted by molar-refractivity contribution is 7.92. The molecular weight excluding hydrogens is 703 g/mol. The van der Waals surface area contributed by atoms with Gasteiger partial charge in [0, 0.05) is 40.7 Å². The number of carbonyl (C=O) groups is 2. The Balaban J connectivity index is 1.87. The smallest absolute Gasteiger partial charge is 0.273 e. The minimum absolute atomic E-state index is 0.0931. The van der Waals surface area contributed by atoms with E-state index in [1.165, 1.54) is 61.4 Å². The summed E-state index contributed by atoms with van der Waals surface area (Å²) in [5.74, 6) is -0.723. The number of carbonyl (C=O) groups excluding carboxylic acids is 2. The van der Waals surface area contributed by atoms with Crippen molar-refractivity contribution in [2.24, 2.45) is 0 Å². The highest BCUT2D eigenvalue weighted by Crippen LogP contribution is 2.30. The number of halogens is 2. The molecule has 0 aliphatic heterocycles. The fraction of sp³-hybridized carbons (Fsp3) is 0.278.